The molecule has 0 bridgehead atoms. The highest BCUT2D eigenvalue weighted by molar-refractivity contribution is 5.78. The quantitative estimate of drug-likeness (QED) is 0.883. The van der Waals surface area contributed by atoms with Crippen LogP contribution in [0.3, 0.4) is 0 Å². The number of ether oxygens (including phenoxy) is 1. The van der Waals surface area contributed by atoms with E-state index in [2.05, 4.69) is 0 Å². The van der Waals surface area contributed by atoms with Crippen molar-refractivity contribution in [2.75, 3.05) is 13.7 Å². The predicted octanol–water partition coefficient (Wildman–Crippen LogP) is 2.01. The number of likely N-dealkylation sites (N-methyl/N-ethyl adjacent to an activating group) is 1. The van der Waals surface area contributed by atoms with Gasteiger partial charge < -0.3 is 15.4 Å². The Hall–Kier alpha value is -1.55. The average Bonchev–Trinajstić information content (AvgIpc) is 3.20. The Labute approximate surface area is 114 Å². The molecule has 2 rings (SSSR count). The number of amides is 1. The van der Waals surface area contributed by atoms with Crippen molar-refractivity contribution in [1.82, 2.24) is 4.90 Å². The van der Waals surface area contributed by atoms with Crippen LogP contribution in [0.1, 0.15) is 36.9 Å². The van der Waals surface area contributed by atoms with Crippen LogP contribution in [0, 0.1) is 6.92 Å². The lowest BCUT2D eigenvalue weighted by molar-refractivity contribution is -0.132. The van der Waals surface area contributed by atoms with Crippen LogP contribution in [0.15, 0.2) is 18.2 Å². The standard InChI is InChI=1S/C15H22N2O2/c1-10-4-7-14(13(8-10)11(2)16)19-9-15(18)17(3)12-5-6-12/h4,7-8,11-12H,5-6,9,16H2,1-3H3/t11-/m1/s1. The smallest absolute Gasteiger partial charge is 0.260 e. The van der Waals surface area contributed by atoms with Gasteiger partial charge in [-0.05, 0) is 32.8 Å². The molecule has 1 amide bonds. The second kappa shape index (κ2) is 5.61. The molecule has 1 saturated carbocycles. The summed E-state index contributed by atoms with van der Waals surface area (Å²) in [6.45, 7) is 4.01. The molecule has 1 atom stereocenters. The number of aryl methyl sites for hydroxylation is 1. The Kier molecular flexibility index (Phi) is 4.10. The van der Waals surface area contributed by atoms with Crippen LogP contribution in [0.25, 0.3) is 0 Å². The van der Waals surface area contributed by atoms with Crippen molar-refractivity contribution < 1.29 is 9.53 Å². The molecule has 0 spiro atoms. The summed E-state index contributed by atoms with van der Waals surface area (Å²) in [6, 6.07) is 6.18. The third-order valence-corrected chi connectivity index (χ3v) is 3.49. The lowest BCUT2D eigenvalue weighted by Gasteiger charge is -2.18. The molecule has 0 unspecified atom stereocenters. The lowest BCUT2D eigenvalue weighted by Crippen LogP contribution is -2.33. The summed E-state index contributed by atoms with van der Waals surface area (Å²) >= 11 is 0. The molecule has 19 heavy (non-hydrogen) atoms. The fraction of sp³-hybridized carbons (Fsp3) is 0.533. The number of nitrogens with two attached hydrogens (primary N) is 1. The van der Waals surface area contributed by atoms with Gasteiger partial charge in [0.1, 0.15) is 5.75 Å². The minimum atomic E-state index is -0.105. The number of carbonyl (C=O) groups is 1. The summed E-state index contributed by atoms with van der Waals surface area (Å²) in [7, 11) is 1.84. The van der Waals surface area contributed by atoms with E-state index in [1.807, 2.05) is 39.1 Å². The Morgan fingerprint density at radius 3 is 2.79 bits per heavy atom. The first-order chi connectivity index (χ1) is 8.99. The van der Waals surface area contributed by atoms with Crippen LogP contribution in [-0.2, 0) is 4.79 Å². The first kappa shape index (κ1) is 13.9. The molecule has 0 saturated heterocycles. The van der Waals surface area contributed by atoms with E-state index in [9.17, 15) is 4.79 Å². The van der Waals surface area contributed by atoms with Gasteiger partial charge in [-0.2, -0.15) is 0 Å². The molecule has 1 aromatic rings. The molecule has 4 nitrogen and oxygen atoms in total. The summed E-state index contributed by atoms with van der Waals surface area (Å²) in [6.07, 6.45) is 2.22. The van der Waals surface area contributed by atoms with Crippen LogP contribution in [0.2, 0.25) is 0 Å². The summed E-state index contributed by atoms with van der Waals surface area (Å²) in [5.74, 6) is 0.733. The van der Waals surface area contributed by atoms with Crippen LogP contribution in [-0.4, -0.2) is 30.5 Å². The first-order valence-electron chi connectivity index (χ1n) is 6.73. The van der Waals surface area contributed by atoms with Gasteiger partial charge in [-0.25, -0.2) is 0 Å². The zero-order chi connectivity index (χ0) is 14.0. The fourth-order valence-electron chi connectivity index (χ4n) is 2.06. The van der Waals surface area contributed by atoms with Crippen molar-refractivity contribution in [2.24, 2.45) is 5.73 Å². The minimum Gasteiger partial charge on any atom is -0.483 e. The third kappa shape index (κ3) is 3.47. The molecule has 1 aromatic carbocycles. The normalized spacial score (nSPS) is 16.0. The van der Waals surface area contributed by atoms with Crippen molar-refractivity contribution in [3.63, 3.8) is 0 Å². The summed E-state index contributed by atoms with van der Waals surface area (Å²) < 4.78 is 5.64. The number of rotatable bonds is 5. The van der Waals surface area contributed by atoms with Crippen LogP contribution >= 0.6 is 0 Å². The Morgan fingerprint density at radius 1 is 1.53 bits per heavy atom. The molecular formula is C15H22N2O2. The Balaban J connectivity index is 2.00. The van der Waals surface area contributed by atoms with Crippen molar-refractivity contribution in [3.8, 4) is 5.75 Å². The first-order valence-corrected chi connectivity index (χ1v) is 6.73. The van der Waals surface area contributed by atoms with Crippen LogP contribution in [0.5, 0.6) is 5.75 Å². The van der Waals surface area contributed by atoms with Gasteiger partial charge in [0.05, 0.1) is 0 Å². The van der Waals surface area contributed by atoms with Crippen molar-refractivity contribution >= 4 is 5.91 Å². The molecule has 0 heterocycles. The molecule has 1 fully saturated rings. The number of hydrogen-bond acceptors (Lipinski definition) is 3. The van der Waals surface area contributed by atoms with Crippen LogP contribution < -0.4 is 10.5 Å². The topological polar surface area (TPSA) is 55.6 Å². The lowest BCUT2D eigenvalue weighted by atomic mass is 10.1. The zero-order valence-corrected chi connectivity index (χ0v) is 11.8. The van der Waals surface area contributed by atoms with E-state index in [1.165, 1.54) is 0 Å². The Bertz CT molecular complexity index is 467. The molecule has 1 aliphatic carbocycles. The molecule has 1 aliphatic rings. The third-order valence-electron chi connectivity index (χ3n) is 3.49. The largest absolute Gasteiger partial charge is 0.483 e. The fourth-order valence-corrected chi connectivity index (χ4v) is 2.06. The van der Waals surface area contributed by atoms with Crippen molar-refractivity contribution in [1.29, 1.82) is 0 Å². The number of nitrogens with zero attached hydrogens (tertiary/aromatic N) is 1. The van der Waals surface area contributed by atoms with Gasteiger partial charge in [0.15, 0.2) is 6.61 Å². The van der Waals surface area contributed by atoms with Crippen LogP contribution in [0.4, 0.5) is 0 Å². The zero-order valence-electron chi connectivity index (χ0n) is 11.8. The summed E-state index contributed by atoms with van der Waals surface area (Å²) in [5.41, 5.74) is 8.02. The van der Waals surface area contributed by atoms with E-state index in [-0.39, 0.29) is 18.6 Å². The second-order valence-corrected chi connectivity index (χ2v) is 5.35. The molecule has 2 N–H and O–H groups in total. The predicted molar refractivity (Wildman–Crippen MR) is 75.1 cm³/mol. The van der Waals surface area contributed by atoms with E-state index >= 15 is 0 Å². The van der Waals surface area contributed by atoms with Gasteiger partial charge in [0.2, 0.25) is 0 Å². The van der Waals surface area contributed by atoms with E-state index in [4.69, 9.17) is 10.5 Å². The number of hydrogen-bond donors (Lipinski definition) is 1. The molecule has 0 aliphatic heterocycles. The van der Waals surface area contributed by atoms with Gasteiger partial charge in [0.25, 0.3) is 5.91 Å². The van der Waals surface area contributed by atoms with Gasteiger partial charge in [-0.15, -0.1) is 0 Å². The summed E-state index contributed by atoms with van der Waals surface area (Å²) in [4.78, 5) is 13.7. The maximum Gasteiger partial charge on any atom is 0.260 e. The molecule has 104 valence electrons. The van der Waals surface area contributed by atoms with Crippen molar-refractivity contribution in [2.45, 2.75) is 38.8 Å². The number of benzene rings is 1. The van der Waals surface area contributed by atoms with E-state index in [0.29, 0.717) is 11.8 Å². The van der Waals surface area contributed by atoms with Gasteiger partial charge in [-0.1, -0.05) is 17.7 Å². The monoisotopic (exact) mass is 262 g/mol. The highest BCUT2D eigenvalue weighted by atomic mass is 16.5. The minimum absolute atomic E-state index is 0.0266. The van der Waals surface area contributed by atoms with Gasteiger partial charge >= 0.3 is 0 Å². The highest BCUT2D eigenvalue weighted by Gasteiger charge is 2.29. The van der Waals surface area contributed by atoms with E-state index < -0.39 is 0 Å². The average molecular weight is 262 g/mol. The molecule has 0 radical (unpaired) electrons. The highest BCUT2D eigenvalue weighted by Crippen LogP contribution is 2.27. The maximum atomic E-state index is 11.9. The molecule has 0 aromatic heterocycles. The number of carbonyl (C=O) groups excluding carboxylic acids is 1. The molecule has 4 heteroatoms. The SMILES string of the molecule is Cc1ccc(OCC(=O)N(C)C2CC2)c([C@@H](C)N)c1. The molecular weight excluding hydrogens is 240 g/mol. The van der Waals surface area contributed by atoms with Gasteiger partial charge in [-0.3, -0.25) is 4.79 Å². The van der Waals surface area contributed by atoms with Crippen molar-refractivity contribution in [3.05, 3.63) is 29.3 Å². The second-order valence-electron chi connectivity index (χ2n) is 5.35. The maximum absolute atomic E-state index is 11.9. The van der Waals surface area contributed by atoms with E-state index in [1.54, 1.807) is 4.90 Å². The van der Waals surface area contributed by atoms with E-state index in [0.717, 1.165) is 24.0 Å². The van der Waals surface area contributed by atoms with Gasteiger partial charge in [0, 0.05) is 24.7 Å². The summed E-state index contributed by atoms with van der Waals surface area (Å²) in [5, 5.41) is 0. The Morgan fingerprint density at radius 2 is 2.21 bits per heavy atom.